The van der Waals surface area contributed by atoms with E-state index in [-0.39, 0.29) is 5.91 Å². The van der Waals surface area contributed by atoms with Gasteiger partial charge in [0, 0.05) is 30.6 Å². The first-order valence-electron chi connectivity index (χ1n) is 9.02. The summed E-state index contributed by atoms with van der Waals surface area (Å²) in [6.45, 7) is 1.94. The Kier molecular flexibility index (Phi) is 6.23. The van der Waals surface area contributed by atoms with Crippen molar-refractivity contribution in [3.63, 3.8) is 0 Å². The fourth-order valence-electron chi connectivity index (χ4n) is 2.79. The summed E-state index contributed by atoms with van der Waals surface area (Å²) in [6.07, 6.45) is 3.33. The Balaban J connectivity index is 1.87. The van der Waals surface area contributed by atoms with Crippen molar-refractivity contribution >= 4 is 5.91 Å². The molecule has 1 aromatic carbocycles. The van der Waals surface area contributed by atoms with E-state index in [2.05, 4.69) is 15.4 Å². The van der Waals surface area contributed by atoms with Gasteiger partial charge < -0.3 is 14.8 Å². The van der Waals surface area contributed by atoms with E-state index in [1.807, 2.05) is 18.2 Å². The summed E-state index contributed by atoms with van der Waals surface area (Å²) in [6, 6.07) is 11.4. The maximum atomic E-state index is 12.6. The summed E-state index contributed by atoms with van der Waals surface area (Å²) in [4.78, 5) is 29.1. The molecule has 0 aliphatic rings. The first kappa shape index (κ1) is 20.1. The second kappa shape index (κ2) is 9.01. The van der Waals surface area contributed by atoms with Gasteiger partial charge in [-0.1, -0.05) is 6.07 Å². The molecule has 29 heavy (non-hydrogen) atoms. The Morgan fingerprint density at radius 1 is 1.17 bits per heavy atom. The van der Waals surface area contributed by atoms with Crippen LogP contribution in [0.1, 0.15) is 18.5 Å². The molecule has 2 heterocycles. The van der Waals surface area contributed by atoms with Gasteiger partial charge in [0.25, 0.3) is 5.56 Å². The zero-order valence-electron chi connectivity index (χ0n) is 16.5. The molecule has 0 spiro atoms. The largest absolute Gasteiger partial charge is 0.497 e. The molecule has 0 saturated heterocycles. The molecule has 1 unspecified atom stereocenters. The summed E-state index contributed by atoms with van der Waals surface area (Å²) in [5, 5.41) is 7.21. The molecule has 0 fully saturated rings. The summed E-state index contributed by atoms with van der Waals surface area (Å²) in [5.74, 6) is 0.706. The Bertz CT molecular complexity index is 1030. The average molecular weight is 394 g/mol. The van der Waals surface area contributed by atoms with Gasteiger partial charge in [-0.05, 0) is 42.8 Å². The molecule has 0 radical (unpaired) electrons. The van der Waals surface area contributed by atoms with Crippen LogP contribution in [0.5, 0.6) is 11.5 Å². The number of hydrogen-bond acceptors (Lipinski definition) is 6. The highest BCUT2D eigenvalue weighted by molar-refractivity contribution is 5.79. The van der Waals surface area contributed by atoms with Crippen LogP contribution in [0.3, 0.4) is 0 Å². The van der Waals surface area contributed by atoms with Gasteiger partial charge in [0.15, 0.2) is 5.75 Å². The summed E-state index contributed by atoms with van der Waals surface area (Å²) < 4.78 is 11.6. The van der Waals surface area contributed by atoms with Crippen LogP contribution in [0, 0.1) is 0 Å². The van der Waals surface area contributed by atoms with Gasteiger partial charge in [-0.15, -0.1) is 0 Å². The molecule has 3 rings (SSSR count). The Hall–Kier alpha value is -3.68. The van der Waals surface area contributed by atoms with Crippen molar-refractivity contribution in [2.75, 3.05) is 14.2 Å². The maximum Gasteiger partial charge on any atom is 0.271 e. The first-order chi connectivity index (χ1) is 14.0. The highest BCUT2D eigenvalue weighted by atomic mass is 16.5. The van der Waals surface area contributed by atoms with Crippen LogP contribution in [-0.4, -0.2) is 34.9 Å². The summed E-state index contributed by atoms with van der Waals surface area (Å²) in [7, 11) is 3.05. The third-order valence-corrected chi connectivity index (χ3v) is 4.44. The van der Waals surface area contributed by atoms with Gasteiger partial charge >= 0.3 is 0 Å². The fraction of sp³-hybridized carbons (Fsp3) is 0.238. The normalized spacial score (nSPS) is 11.6. The highest BCUT2D eigenvalue weighted by Crippen LogP contribution is 2.28. The second-order valence-corrected chi connectivity index (χ2v) is 6.33. The van der Waals surface area contributed by atoms with Crippen LogP contribution >= 0.6 is 0 Å². The lowest BCUT2D eigenvalue weighted by Gasteiger charge is -2.17. The Labute approximate surface area is 168 Å². The van der Waals surface area contributed by atoms with Gasteiger partial charge in [0.1, 0.15) is 17.5 Å². The third kappa shape index (κ3) is 4.60. The van der Waals surface area contributed by atoms with Crippen molar-refractivity contribution in [3.05, 3.63) is 70.8 Å². The smallest absolute Gasteiger partial charge is 0.271 e. The van der Waals surface area contributed by atoms with E-state index < -0.39 is 11.6 Å². The number of methoxy groups -OCH3 is 2. The molecule has 0 aliphatic heterocycles. The lowest BCUT2D eigenvalue weighted by Crippen LogP contribution is -2.37. The van der Waals surface area contributed by atoms with E-state index >= 15 is 0 Å². The number of amides is 1. The molecular formula is C21H22N4O4. The van der Waals surface area contributed by atoms with E-state index in [4.69, 9.17) is 9.47 Å². The molecule has 8 nitrogen and oxygen atoms in total. The zero-order valence-corrected chi connectivity index (χ0v) is 16.5. The number of pyridine rings is 1. The number of aromatic nitrogens is 3. The quantitative estimate of drug-likeness (QED) is 0.660. The SMILES string of the molecule is COc1ccc(-c2nn(C(C)C(=O)NCc3cccnc3)c(=O)cc2OC)cc1. The van der Waals surface area contributed by atoms with Crippen molar-refractivity contribution in [1.29, 1.82) is 0 Å². The lowest BCUT2D eigenvalue weighted by atomic mass is 10.1. The predicted molar refractivity (Wildman–Crippen MR) is 108 cm³/mol. The number of hydrogen-bond donors (Lipinski definition) is 1. The minimum atomic E-state index is -0.804. The number of nitrogens with zero attached hydrogens (tertiary/aromatic N) is 3. The molecule has 0 bridgehead atoms. The van der Waals surface area contributed by atoms with Crippen molar-refractivity contribution in [2.45, 2.75) is 19.5 Å². The lowest BCUT2D eigenvalue weighted by molar-refractivity contribution is -0.124. The fourth-order valence-corrected chi connectivity index (χ4v) is 2.79. The number of ether oxygens (including phenoxy) is 2. The van der Waals surface area contributed by atoms with Crippen LogP contribution in [0.2, 0.25) is 0 Å². The van der Waals surface area contributed by atoms with Crippen LogP contribution in [0.4, 0.5) is 0 Å². The molecular weight excluding hydrogens is 372 g/mol. The number of carbonyl (C=O) groups excluding carboxylic acids is 1. The van der Waals surface area contributed by atoms with Crippen molar-refractivity contribution in [3.8, 4) is 22.8 Å². The molecule has 1 atom stereocenters. The first-order valence-corrected chi connectivity index (χ1v) is 9.02. The maximum absolute atomic E-state index is 12.6. The molecule has 1 N–H and O–H groups in total. The van der Waals surface area contributed by atoms with Crippen LogP contribution < -0.4 is 20.3 Å². The molecule has 0 saturated carbocycles. The number of carbonyl (C=O) groups is 1. The Morgan fingerprint density at radius 2 is 1.93 bits per heavy atom. The number of nitrogens with one attached hydrogen (secondary N) is 1. The van der Waals surface area contributed by atoms with Crippen LogP contribution in [0.25, 0.3) is 11.3 Å². The third-order valence-electron chi connectivity index (χ3n) is 4.44. The summed E-state index contributed by atoms with van der Waals surface area (Å²) >= 11 is 0. The van der Waals surface area contributed by atoms with Crippen molar-refractivity contribution in [1.82, 2.24) is 20.1 Å². The molecule has 3 aromatic rings. The van der Waals surface area contributed by atoms with E-state index in [9.17, 15) is 9.59 Å². The molecule has 2 aromatic heterocycles. The standard InChI is InChI=1S/C21H22N4O4/c1-14(21(27)23-13-15-5-4-10-22-12-15)25-19(26)11-18(29-3)20(24-25)16-6-8-17(28-2)9-7-16/h4-12,14H,13H2,1-3H3,(H,23,27). The monoisotopic (exact) mass is 394 g/mol. The van der Waals surface area contributed by atoms with Gasteiger partial charge in [0.05, 0.1) is 14.2 Å². The average Bonchev–Trinajstić information content (AvgIpc) is 2.77. The van der Waals surface area contributed by atoms with Gasteiger partial charge in [-0.25, -0.2) is 4.68 Å². The molecule has 150 valence electrons. The Morgan fingerprint density at radius 3 is 2.55 bits per heavy atom. The summed E-state index contributed by atoms with van der Waals surface area (Å²) in [5.41, 5.74) is 1.63. The number of benzene rings is 1. The van der Waals surface area contributed by atoms with E-state index in [1.54, 1.807) is 44.6 Å². The molecule has 1 amide bonds. The minimum absolute atomic E-state index is 0.313. The van der Waals surface area contributed by atoms with Crippen molar-refractivity contribution < 1.29 is 14.3 Å². The van der Waals surface area contributed by atoms with Crippen LogP contribution in [-0.2, 0) is 11.3 Å². The van der Waals surface area contributed by atoms with Crippen molar-refractivity contribution in [2.24, 2.45) is 0 Å². The van der Waals surface area contributed by atoms with Crippen LogP contribution in [0.15, 0.2) is 59.7 Å². The van der Waals surface area contributed by atoms with E-state index in [0.29, 0.717) is 23.7 Å². The van der Waals surface area contributed by atoms with E-state index in [0.717, 1.165) is 15.8 Å². The second-order valence-electron chi connectivity index (χ2n) is 6.33. The zero-order chi connectivity index (χ0) is 20.8. The predicted octanol–water partition coefficient (Wildman–Crippen LogP) is 2.20. The molecule has 0 aliphatic carbocycles. The minimum Gasteiger partial charge on any atom is -0.497 e. The molecule has 8 heteroatoms. The van der Waals surface area contributed by atoms with E-state index in [1.165, 1.54) is 13.2 Å². The highest BCUT2D eigenvalue weighted by Gasteiger charge is 2.20. The number of rotatable bonds is 7. The van der Waals surface area contributed by atoms with Gasteiger partial charge in [-0.3, -0.25) is 14.6 Å². The topological polar surface area (TPSA) is 95.3 Å². The van der Waals surface area contributed by atoms with Gasteiger partial charge in [-0.2, -0.15) is 5.10 Å². The van der Waals surface area contributed by atoms with Gasteiger partial charge in [0.2, 0.25) is 5.91 Å².